The van der Waals surface area contributed by atoms with Gasteiger partial charge in [0.2, 0.25) is 5.91 Å². The van der Waals surface area contributed by atoms with Crippen molar-refractivity contribution in [2.45, 2.75) is 6.42 Å². The molecule has 27 heavy (non-hydrogen) atoms. The van der Waals surface area contributed by atoms with E-state index < -0.39 is 0 Å². The summed E-state index contributed by atoms with van der Waals surface area (Å²) in [6.07, 6.45) is 0.353. The van der Waals surface area contributed by atoms with Crippen LogP contribution >= 0.6 is 0 Å². The van der Waals surface area contributed by atoms with Crippen LogP contribution in [0.15, 0.2) is 48.5 Å². The summed E-state index contributed by atoms with van der Waals surface area (Å²) in [6.45, 7) is 4.59. The molecule has 0 atom stereocenters. The van der Waals surface area contributed by atoms with E-state index in [1.807, 2.05) is 47.4 Å². The van der Waals surface area contributed by atoms with Gasteiger partial charge in [-0.15, -0.1) is 0 Å². The second kappa shape index (κ2) is 7.80. The molecule has 2 aliphatic rings. The molecule has 140 valence electrons. The number of fused-ring (bicyclic) bond motifs is 1. The Kier molecular flexibility index (Phi) is 5.07. The monoisotopic (exact) mass is 365 g/mol. The number of nitrogens with one attached hydrogen (secondary N) is 1. The van der Waals surface area contributed by atoms with Crippen molar-refractivity contribution in [3.05, 3.63) is 59.7 Å². The summed E-state index contributed by atoms with van der Waals surface area (Å²) in [5.74, 6) is 0.911. The number of rotatable bonds is 5. The van der Waals surface area contributed by atoms with Crippen LogP contribution in [-0.4, -0.2) is 60.9 Å². The van der Waals surface area contributed by atoms with E-state index in [0.29, 0.717) is 31.7 Å². The van der Waals surface area contributed by atoms with Crippen LogP contribution in [0.25, 0.3) is 0 Å². The predicted molar refractivity (Wildman–Crippen MR) is 103 cm³/mol. The van der Waals surface area contributed by atoms with Gasteiger partial charge in [-0.2, -0.15) is 0 Å². The third-order valence-corrected chi connectivity index (χ3v) is 5.06. The van der Waals surface area contributed by atoms with Gasteiger partial charge in [-0.25, -0.2) is 0 Å². The summed E-state index contributed by atoms with van der Waals surface area (Å²) >= 11 is 0. The highest BCUT2D eigenvalue weighted by molar-refractivity contribution is 6.01. The number of para-hydroxylation sites is 1. The van der Waals surface area contributed by atoms with Gasteiger partial charge in [0.05, 0.1) is 6.42 Å². The highest BCUT2D eigenvalue weighted by atomic mass is 16.5. The fourth-order valence-electron chi connectivity index (χ4n) is 3.53. The number of ether oxygens (including phenoxy) is 1. The molecule has 1 N–H and O–H groups in total. The third-order valence-electron chi connectivity index (χ3n) is 5.06. The molecule has 0 aromatic heterocycles. The molecule has 2 heterocycles. The minimum absolute atomic E-state index is 0.0130. The lowest BCUT2D eigenvalue weighted by molar-refractivity contribution is -0.115. The maximum absolute atomic E-state index is 12.8. The smallest absolute Gasteiger partial charge is 0.253 e. The molecule has 0 saturated carbocycles. The van der Waals surface area contributed by atoms with Crippen LogP contribution in [0.5, 0.6) is 5.75 Å². The van der Waals surface area contributed by atoms with E-state index in [2.05, 4.69) is 10.2 Å². The Balaban J connectivity index is 1.26. The fraction of sp³-hybridized carbons (Fsp3) is 0.333. The molecule has 2 aromatic rings. The van der Waals surface area contributed by atoms with Gasteiger partial charge >= 0.3 is 0 Å². The Morgan fingerprint density at radius 2 is 1.81 bits per heavy atom. The summed E-state index contributed by atoms with van der Waals surface area (Å²) in [4.78, 5) is 28.4. The lowest BCUT2D eigenvalue weighted by Crippen LogP contribution is -2.49. The van der Waals surface area contributed by atoms with Gasteiger partial charge in [-0.3, -0.25) is 14.5 Å². The average molecular weight is 365 g/mol. The largest absolute Gasteiger partial charge is 0.492 e. The van der Waals surface area contributed by atoms with Crippen molar-refractivity contribution in [3.8, 4) is 5.75 Å². The van der Waals surface area contributed by atoms with Gasteiger partial charge in [0, 0.05) is 44.0 Å². The van der Waals surface area contributed by atoms with Crippen molar-refractivity contribution in [2.75, 3.05) is 44.6 Å². The molecular weight excluding hydrogens is 342 g/mol. The Morgan fingerprint density at radius 3 is 2.59 bits per heavy atom. The normalized spacial score (nSPS) is 16.7. The van der Waals surface area contributed by atoms with Crippen molar-refractivity contribution in [2.24, 2.45) is 0 Å². The van der Waals surface area contributed by atoms with Crippen LogP contribution in [0.3, 0.4) is 0 Å². The lowest BCUT2D eigenvalue weighted by atomic mass is 10.1. The van der Waals surface area contributed by atoms with Crippen LogP contribution in [0, 0.1) is 0 Å². The van der Waals surface area contributed by atoms with Crippen molar-refractivity contribution >= 4 is 17.5 Å². The van der Waals surface area contributed by atoms with Gasteiger partial charge in [0.15, 0.2) is 0 Å². The number of carbonyl (C=O) groups excluding carboxylic acids is 2. The Bertz CT molecular complexity index is 830. The first-order chi connectivity index (χ1) is 13.2. The highest BCUT2D eigenvalue weighted by Crippen LogP contribution is 2.24. The summed E-state index contributed by atoms with van der Waals surface area (Å²) in [7, 11) is 0. The second-order valence-electron chi connectivity index (χ2n) is 6.89. The molecular formula is C21H23N3O3. The minimum Gasteiger partial charge on any atom is -0.492 e. The first kappa shape index (κ1) is 17.5. The maximum Gasteiger partial charge on any atom is 0.253 e. The SMILES string of the molecule is O=C1Cc2cc(C(=O)N3CCN(CCOc4ccccc4)CC3)ccc2N1. The quantitative estimate of drug-likeness (QED) is 0.881. The Morgan fingerprint density at radius 1 is 1.04 bits per heavy atom. The molecule has 2 amide bonds. The number of piperazine rings is 1. The highest BCUT2D eigenvalue weighted by Gasteiger charge is 2.24. The molecule has 2 aromatic carbocycles. The second-order valence-corrected chi connectivity index (χ2v) is 6.89. The summed E-state index contributed by atoms with van der Waals surface area (Å²) in [5, 5.41) is 2.80. The molecule has 0 spiro atoms. The zero-order chi connectivity index (χ0) is 18.6. The molecule has 2 aliphatic heterocycles. The number of carbonyl (C=O) groups is 2. The van der Waals surface area contributed by atoms with E-state index in [9.17, 15) is 9.59 Å². The van der Waals surface area contributed by atoms with Crippen molar-refractivity contribution in [1.82, 2.24) is 9.80 Å². The number of benzene rings is 2. The van der Waals surface area contributed by atoms with E-state index >= 15 is 0 Å². The van der Waals surface area contributed by atoms with Crippen LogP contribution in [0.4, 0.5) is 5.69 Å². The number of anilines is 1. The van der Waals surface area contributed by atoms with Crippen LogP contribution < -0.4 is 10.1 Å². The molecule has 1 saturated heterocycles. The van der Waals surface area contributed by atoms with Gasteiger partial charge in [0.25, 0.3) is 5.91 Å². The van der Waals surface area contributed by atoms with Gasteiger partial charge in [-0.1, -0.05) is 18.2 Å². The first-order valence-electron chi connectivity index (χ1n) is 9.31. The topological polar surface area (TPSA) is 61.9 Å². The van der Waals surface area contributed by atoms with Crippen LogP contribution in [0.1, 0.15) is 15.9 Å². The Labute approximate surface area is 158 Å². The zero-order valence-electron chi connectivity index (χ0n) is 15.2. The first-order valence-corrected chi connectivity index (χ1v) is 9.31. The minimum atomic E-state index is -0.0130. The van der Waals surface area contributed by atoms with Crippen molar-refractivity contribution < 1.29 is 14.3 Å². The van der Waals surface area contributed by atoms with E-state index in [0.717, 1.165) is 36.6 Å². The van der Waals surface area contributed by atoms with E-state index in [4.69, 9.17) is 4.74 Å². The Hall–Kier alpha value is -2.86. The maximum atomic E-state index is 12.8. The number of hydrogen-bond donors (Lipinski definition) is 1. The predicted octanol–water partition coefficient (Wildman–Crippen LogP) is 2.02. The van der Waals surface area contributed by atoms with E-state index in [-0.39, 0.29) is 11.8 Å². The molecule has 6 heteroatoms. The molecule has 6 nitrogen and oxygen atoms in total. The standard InChI is InChI=1S/C21H23N3O3/c25-20-15-17-14-16(6-7-19(17)22-20)21(26)24-10-8-23(9-11-24)12-13-27-18-4-2-1-3-5-18/h1-7,14H,8-13,15H2,(H,22,25). The molecule has 1 fully saturated rings. The number of hydrogen-bond acceptors (Lipinski definition) is 4. The van der Waals surface area contributed by atoms with Crippen molar-refractivity contribution in [3.63, 3.8) is 0 Å². The van der Waals surface area contributed by atoms with E-state index in [1.165, 1.54) is 0 Å². The molecule has 0 bridgehead atoms. The van der Waals surface area contributed by atoms with Gasteiger partial charge in [0.1, 0.15) is 12.4 Å². The summed E-state index contributed by atoms with van der Waals surface area (Å²) in [5.41, 5.74) is 2.38. The summed E-state index contributed by atoms with van der Waals surface area (Å²) < 4.78 is 5.75. The van der Waals surface area contributed by atoms with E-state index in [1.54, 1.807) is 6.07 Å². The van der Waals surface area contributed by atoms with Gasteiger partial charge < -0.3 is 15.0 Å². The molecule has 0 unspecified atom stereocenters. The molecule has 0 aliphatic carbocycles. The third kappa shape index (κ3) is 4.11. The zero-order valence-corrected chi connectivity index (χ0v) is 15.2. The lowest BCUT2D eigenvalue weighted by Gasteiger charge is -2.34. The van der Waals surface area contributed by atoms with Crippen LogP contribution in [0.2, 0.25) is 0 Å². The van der Waals surface area contributed by atoms with Gasteiger partial charge in [-0.05, 0) is 35.9 Å². The van der Waals surface area contributed by atoms with Crippen molar-refractivity contribution in [1.29, 1.82) is 0 Å². The molecule has 0 radical (unpaired) electrons. The summed E-state index contributed by atoms with van der Waals surface area (Å²) in [6, 6.07) is 15.3. The molecule has 4 rings (SSSR count). The average Bonchev–Trinajstić information content (AvgIpc) is 3.08. The number of nitrogens with zero attached hydrogens (tertiary/aromatic N) is 2. The number of amides is 2. The van der Waals surface area contributed by atoms with Crippen LogP contribution in [-0.2, 0) is 11.2 Å². The fourth-order valence-corrected chi connectivity index (χ4v) is 3.53.